The summed E-state index contributed by atoms with van der Waals surface area (Å²) in [6.45, 7) is 4.24. The zero-order chi connectivity index (χ0) is 15.0. The zero-order valence-corrected chi connectivity index (χ0v) is 12.6. The van der Waals surface area contributed by atoms with Crippen LogP contribution in [0, 0.1) is 11.3 Å². The number of benzene rings is 1. The molecule has 0 saturated heterocycles. The van der Waals surface area contributed by atoms with Gasteiger partial charge in [-0.15, -0.1) is 0 Å². The minimum absolute atomic E-state index is 0.115. The van der Waals surface area contributed by atoms with Crippen LogP contribution in [0.5, 0.6) is 11.5 Å². The van der Waals surface area contributed by atoms with Gasteiger partial charge in [0, 0.05) is 11.8 Å². The summed E-state index contributed by atoms with van der Waals surface area (Å²) in [6.07, 6.45) is 0.432. The number of sulfone groups is 1. The van der Waals surface area contributed by atoms with Crippen molar-refractivity contribution in [2.24, 2.45) is 0 Å². The van der Waals surface area contributed by atoms with Crippen molar-refractivity contribution in [2.75, 3.05) is 24.7 Å². The van der Waals surface area contributed by atoms with Crippen LogP contribution in [0.3, 0.4) is 0 Å². The first-order valence-corrected chi connectivity index (χ1v) is 8.34. The van der Waals surface area contributed by atoms with E-state index in [-0.39, 0.29) is 11.5 Å². The Morgan fingerprint density at radius 3 is 2.55 bits per heavy atom. The highest BCUT2D eigenvalue weighted by atomic mass is 32.2. The molecule has 0 radical (unpaired) electrons. The maximum absolute atomic E-state index is 11.3. The molecule has 0 aliphatic heterocycles. The molecule has 0 spiro atoms. The summed E-state index contributed by atoms with van der Waals surface area (Å²) in [7, 11) is -2.96. The first kappa shape index (κ1) is 16.3. The summed E-state index contributed by atoms with van der Waals surface area (Å²) >= 11 is 0. The molecule has 0 heterocycles. The first-order chi connectivity index (χ1) is 9.52. The van der Waals surface area contributed by atoms with Crippen LogP contribution in [0.4, 0.5) is 0 Å². The van der Waals surface area contributed by atoms with E-state index in [9.17, 15) is 8.42 Å². The van der Waals surface area contributed by atoms with E-state index < -0.39 is 9.84 Å². The summed E-state index contributed by atoms with van der Waals surface area (Å²) in [4.78, 5) is 0. The summed E-state index contributed by atoms with van der Waals surface area (Å²) < 4.78 is 33.6. The third-order valence-electron chi connectivity index (χ3n) is 2.67. The Morgan fingerprint density at radius 1 is 1.20 bits per heavy atom. The van der Waals surface area contributed by atoms with E-state index in [0.29, 0.717) is 36.7 Å². The number of rotatable bonds is 8. The molecule has 0 aliphatic carbocycles. The SMILES string of the molecule is CCOc1cc(C#N)ccc1OCCCS(=O)(=O)CC. The van der Waals surface area contributed by atoms with Gasteiger partial charge in [0.25, 0.3) is 0 Å². The van der Waals surface area contributed by atoms with E-state index in [1.165, 1.54) is 0 Å². The molecule has 1 aromatic carbocycles. The van der Waals surface area contributed by atoms with Gasteiger partial charge in [0.05, 0.1) is 30.6 Å². The van der Waals surface area contributed by atoms with Crippen LogP contribution in [0.2, 0.25) is 0 Å². The lowest BCUT2D eigenvalue weighted by Crippen LogP contribution is -2.12. The van der Waals surface area contributed by atoms with Crippen molar-refractivity contribution in [3.05, 3.63) is 23.8 Å². The molecular formula is C14H19NO4S. The highest BCUT2D eigenvalue weighted by Crippen LogP contribution is 2.28. The second-order valence-corrected chi connectivity index (χ2v) is 6.62. The van der Waals surface area contributed by atoms with Gasteiger partial charge < -0.3 is 9.47 Å². The molecule has 0 amide bonds. The van der Waals surface area contributed by atoms with Crippen molar-refractivity contribution < 1.29 is 17.9 Å². The number of hydrogen-bond acceptors (Lipinski definition) is 5. The fourth-order valence-electron chi connectivity index (χ4n) is 1.57. The lowest BCUT2D eigenvalue weighted by molar-refractivity contribution is 0.277. The van der Waals surface area contributed by atoms with E-state index in [4.69, 9.17) is 14.7 Å². The van der Waals surface area contributed by atoms with Gasteiger partial charge in [-0.3, -0.25) is 0 Å². The third kappa shape index (κ3) is 5.10. The van der Waals surface area contributed by atoms with E-state index >= 15 is 0 Å². The molecule has 0 unspecified atom stereocenters. The highest BCUT2D eigenvalue weighted by molar-refractivity contribution is 7.91. The van der Waals surface area contributed by atoms with Crippen LogP contribution in [-0.4, -0.2) is 33.1 Å². The third-order valence-corrected chi connectivity index (χ3v) is 4.46. The Morgan fingerprint density at radius 2 is 1.95 bits per heavy atom. The van der Waals surface area contributed by atoms with Gasteiger partial charge in [0.15, 0.2) is 11.5 Å². The van der Waals surface area contributed by atoms with Gasteiger partial charge in [-0.1, -0.05) is 6.92 Å². The van der Waals surface area contributed by atoms with Crippen molar-refractivity contribution in [3.8, 4) is 17.6 Å². The van der Waals surface area contributed by atoms with Gasteiger partial charge in [-0.2, -0.15) is 5.26 Å². The van der Waals surface area contributed by atoms with Gasteiger partial charge in [-0.25, -0.2) is 8.42 Å². The van der Waals surface area contributed by atoms with Crippen molar-refractivity contribution in [1.82, 2.24) is 0 Å². The quantitative estimate of drug-likeness (QED) is 0.687. The molecule has 1 rings (SSSR count). The van der Waals surface area contributed by atoms with E-state index in [1.54, 1.807) is 25.1 Å². The molecule has 0 N–H and O–H groups in total. The smallest absolute Gasteiger partial charge is 0.162 e. The Labute approximate surface area is 120 Å². The summed E-state index contributed by atoms with van der Waals surface area (Å²) in [5, 5.41) is 8.84. The van der Waals surface area contributed by atoms with Crippen molar-refractivity contribution in [3.63, 3.8) is 0 Å². The van der Waals surface area contributed by atoms with Gasteiger partial charge >= 0.3 is 0 Å². The zero-order valence-electron chi connectivity index (χ0n) is 11.8. The van der Waals surface area contributed by atoms with Crippen LogP contribution < -0.4 is 9.47 Å². The fourth-order valence-corrected chi connectivity index (χ4v) is 2.42. The largest absolute Gasteiger partial charge is 0.490 e. The van der Waals surface area contributed by atoms with E-state index in [2.05, 4.69) is 0 Å². The van der Waals surface area contributed by atoms with Crippen LogP contribution >= 0.6 is 0 Å². The normalized spacial score (nSPS) is 10.8. The fraction of sp³-hybridized carbons (Fsp3) is 0.500. The molecule has 0 bridgehead atoms. The number of nitrogens with zero attached hydrogens (tertiary/aromatic N) is 1. The molecule has 1 aromatic rings. The standard InChI is InChI=1S/C14H19NO4S/c1-3-18-14-10-12(11-15)6-7-13(14)19-8-5-9-20(16,17)4-2/h6-7,10H,3-5,8-9H2,1-2H3. The Balaban J connectivity index is 2.61. The van der Waals surface area contributed by atoms with Crippen LogP contribution in [-0.2, 0) is 9.84 Å². The number of nitriles is 1. The molecule has 0 fully saturated rings. The Hall–Kier alpha value is -1.74. The highest BCUT2D eigenvalue weighted by Gasteiger charge is 2.09. The molecule has 0 saturated carbocycles. The lowest BCUT2D eigenvalue weighted by Gasteiger charge is -2.12. The second-order valence-electron chi connectivity index (χ2n) is 4.14. The van der Waals surface area contributed by atoms with Gasteiger partial charge in [0.1, 0.15) is 9.84 Å². The minimum atomic E-state index is -2.96. The summed E-state index contributed by atoms with van der Waals surface area (Å²) in [6, 6.07) is 6.95. The van der Waals surface area contributed by atoms with Crippen molar-refractivity contribution in [2.45, 2.75) is 20.3 Å². The van der Waals surface area contributed by atoms with Crippen LogP contribution in [0.1, 0.15) is 25.8 Å². The van der Waals surface area contributed by atoms with Gasteiger partial charge in [-0.05, 0) is 25.5 Å². The maximum Gasteiger partial charge on any atom is 0.162 e. The molecule has 5 nitrogen and oxygen atoms in total. The average Bonchev–Trinajstić information content (AvgIpc) is 2.45. The molecule has 110 valence electrons. The predicted octanol–water partition coefficient (Wildman–Crippen LogP) is 2.16. The van der Waals surface area contributed by atoms with E-state index in [1.807, 2.05) is 13.0 Å². The number of hydrogen-bond donors (Lipinski definition) is 0. The molecular weight excluding hydrogens is 278 g/mol. The topological polar surface area (TPSA) is 76.4 Å². The molecule has 20 heavy (non-hydrogen) atoms. The maximum atomic E-state index is 11.3. The second kappa shape index (κ2) is 7.75. The summed E-state index contributed by atoms with van der Waals surface area (Å²) in [5.41, 5.74) is 0.495. The van der Waals surface area contributed by atoms with Crippen LogP contribution in [0.25, 0.3) is 0 Å². The molecule has 0 aliphatic rings. The van der Waals surface area contributed by atoms with Crippen molar-refractivity contribution >= 4 is 9.84 Å². The summed E-state index contributed by atoms with van der Waals surface area (Å²) in [5.74, 6) is 1.29. The lowest BCUT2D eigenvalue weighted by atomic mass is 10.2. The van der Waals surface area contributed by atoms with E-state index in [0.717, 1.165) is 0 Å². The van der Waals surface area contributed by atoms with Crippen LogP contribution in [0.15, 0.2) is 18.2 Å². The molecule has 0 aromatic heterocycles. The average molecular weight is 297 g/mol. The monoisotopic (exact) mass is 297 g/mol. The molecule has 6 heteroatoms. The van der Waals surface area contributed by atoms with Gasteiger partial charge in [0.2, 0.25) is 0 Å². The Bertz CT molecular complexity index is 575. The predicted molar refractivity (Wildman–Crippen MR) is 76.8 cm³/mol. The van der Waals surface area contributed by atoms with Crippen molar-refractivity contribution in [1.29, 1.82) is 5.26 Å². The first-order valence-electron chi connectivity index (χ1n) is 6.52. The minimum Gasteiger partial charge on any atom is -0.490 e. The Kier molecular flexibility index (Phi) is 6.32. The molecule has 0 atom stereocenters. The number of ether oxygens (including phenoxy) is 2.